The Bertz CT molecular complexity index is 576. The van der Waals surface area contributed by atoms with Crippen molar-refractivity contribution < 1.29 is 24.2 Å². The van der Waals surface area contributed by atoms with Crippen molar-refractivity contribution in [1.82, 2.24) is 0 Å². The van der Waals surface area contributed by atoms with Crippen molar-refractivity contribution in [3.63, 3.8) is 0 Å². The van der Waals surface area contributed by atoms with Crippen LogP contribution in [0.1, 0.15) is 46.5 Å². The Hall–Kier alpha value is -1.78. The van der Waals surface area contributed by atoms with Crippen LogP contribution < -0.4 is 0 Å². The number of ketones is 1. The first-order chi connectivity index (χ1) is 9.78. The van der Waals surface area contributed by atoms with Gasteiger partial charge in [0, 0.05) is 24.3 Å². The third kappa shape index (κ3) is 2.34. The van der Waals surface area contributed by atoms with Gasteiger partial charge in [0.1, 0.15) is 17.1 Å². The Morgan fingerprint density at radius 2 is 2.05 bits per heavy atom. The van der Waals surface area contributed by atoms with E-state index in [9.17, 15) is 14.7 Å². The van der Waals surface area contributed by atoms with Gasteiger partial charge < -0.3 is 14.6 Å². The number of aliphatic hydroxyl groups is 1. The van der Waals surface area contributed by atoms with Gasteiger partial charge in [-0.1, -0.05) is 0 Å². The van der Waals surface area contributed by atoms with Gasteiger partial charge in [-0.3, -0.25) is 4.79 Å². The van der Waals surface area contributed by atoms with E-state index in [0.717, 1.165) is 12.8 Å². The number of hydrogen-bond acceptors (Lipinski definition) is 5. The first-order valence-electron chi connectivity index (χ1n) is 7.36. The molecule has 1 heterocycles. The Kier molecular flexibility index (Phi) is 3.11. The first-order valence-corrected chi connectivity index (χ1v) is 7.36. The molecule has 0 amide bonds. The maximum atomic E-state index is 12.1. The lowest BCUT2D eigenvalue weighted by atomic mass is 9.86. The molecule has 3 rings (SSSR count). The summed E-state index contributed by atoms with van der Waals surface area (Å²) in [5.41, 5.74) is 0.301. The molecule has 0 saturated heterocycles. The number of fused-ring (bicyclic) bond motifs is 2. The molecule has 1 N–H and O–H groups in total. The molecule has 0 aromatic heterocycles. The van der Waals surface area contributed by atoms with E-state index in [1.54, 1.807) is 20.8 Å². The maximum absolute atomic E-state index is 12.1. The minimum atomic E-state index is -0.617. The van der Waals surface area contributed by atoms with E-state index in [0.29, 0.717) is 24.2 Å². The van der Waals surface area contributed by atoms with Crippen molar-refractivity contribution in [2.24, 2.45) is 5.92 Å². The summed E-state index contributed by atoms with van der Waals surface area (Å²) in [6.07, 6.45) is 1.78. The van der Waals surface area contributed by atoms with Crippen LogP contribution in [0.25, 0.3) is 0 Å². The molecule has 3 aliphatic rings. The molecule has 5 nitrogen and oxygen atoms in total. The number of aliphatic hydroxyl groups excluding tert-OH is 1. The standard InChI is InChI=1S/C16H20O5/c1-16(2,3)21-15(19)9-7-8-12-10(17)5-4-6-11(12)20-14(8)13(9)18/h8,14,18H,4-7H2,1-3H3/t8-,14+/m0/s1. The van der Waals surface area contributed by atoms with Crippen LogP contribution in [0.15, 0.2) is 22.7 Å². The molecule has 0 spiro atoms. The van der Waals surface area contributed by atoms with Gasteiger partial charge in [-0.15, -0.1) is 0 Å². The van der Waals surface area contributed by atoms with E-state index >= 15 is 0 Å². The molecule has 1 aliphatic heterocycles. The van der Waals surface area contributed by atoms with Gasteiger partial charge in [-0.2, -0.15) is 0 Å². The van der Waals surface area contributed by atoms with Crippen LogP contribution in [0, 0.1) is 5.92 Å². The van der Waals surface area contributed by atoms with E-state index in [4.69, 9.17) is 9.47 Å². The van der Waals surface area contributed by atoms with Crippen LogP contribution >= 0.6 is 0 Å². The molecule has 0 aromatic rings. The summed E-state index contributed by atoms with van der Waals surface area (Å²) >= 11 is 0. The lowest BCUT2D eigenvalue weighted by Crippen LogP contribution is -2.25. The number of ether oxygens (including phenoxy) is 2. The minimum absolute atomic E-state index is 0.0727. The summed E-state index contributed by atoms with van der Waals surface area (Å²) in [6, 6.07) is 0. The topological polar surface area (TPSA) is 72.8 Å². The fourth-order valence-electron chi connectivity index (χ4n) is 3.24. The summed E-state index contributed by atoms with van der Waals surface area (Å²) in [4.78, 5) is 24.2. The van der Waals surface area contributed by atoms with Gasteiger partial charge in [0.25, 0.3) is 0 Å². The first kappa shape index (κ1) is 14.2. The van der Waals surface area contributed by atoms with E-state index in [1.807, 2.05) is 0 Å². The number of carbonyl (C=O) groups is 2. The fourth-order valence-corrected chi connectivity index (χ4v) is 3.24. The van der Waals surface area contributed by atoms with Gasteiger partial charge in [0.05, 0.1) is 5.57 Å². The molecule has 0 fully saturated rings. The highest BCUT2D eigenvalue weighted by molar-refractivity contribution is 5.99. The molecule has 5 heteroatoms. The van der Waals surface area contributed by atoms with Crippen LogP contribution in [-0.4, -0.2) is 28.6 Å². The molecule has 2 atom stereocenters. The second-order valence-electron chi connectivity index (χ2n) is 6.83. The number of hydrogen-bond donors (Lipinski definition) is 1. The van der Waals surface area contributed by atoms with Crippen molar-refractivity contribution in [2.75, 3.05) is 0 Å². The van der Waals surface area contributed by atoms with E-state index in [2.05, 4.69) is 0 Å². The summed E-state index contributed by atoms with van der Waals surface area (Å²) in [7, 11) is 0. The van der Waals surface area contributed by atoms with Crippen LogP contribution in [0.5, 0.6) is 0 Å². The predicted molar refractivity (Wildman–Crippen MR) is 74.4 cm³/mol. The van der Waals surface area contributed by atoms with Crippen molar-refractivity contribution in [2.45, 2.75) is 58.2 Å². The van der Waals surface area contributed by atoms with E-state index < -0.39 is 17.7 Å². The van der Waals surface area contributed by atoms with E-state index in [-0.39, 0.29) is 23.0 Å². The molecule has 0 unspecified atom stereocenters. The smallest absolute Gasteiger partial charge is 0.338 e. The zero-order valence-corrected chi connectivity index (χ0v) is 12.6. The Morgan fingerprint density at radius 1 is 1.33 bits per heavy atom. The van der Waals surface area contributed by atoms with Crippen LogP contribution in [0.4, 0.5) is 0 Å². The largest absolute Gasteiger partial charge is 0.508 e. The zero-order valence-electron chi connectivity index (χ0n) is 12.6. The number of carbonyl (C=O) groups excluding carboxylic acids is 2. The normalized spacial score (nSPS) is 28.4. The molecular formula is C16H20O5. The molecule has 0 radical (unpaired) electrons. The van der Waals surface area contributed by atoms with Crippen molar-refractivity contribution in [1.29, 1.82) is 0 Å². The third-order valence-corrected chi connectivity index (χ3v) is 4.06. The lowest BCUT2D eigenvalue weighted by molar-refractivity contribution is -0.150. The van der Waals surface area contributed by atoms with Crippen LogP contribution in [0.2, 0.25) is 0 Å². The molecule has 0 saturated carbocycles. The molecule has 21 heavy (non-hydrogen) atoms. The highest BCUT2D eigenvalue weighted by atomic mass is 16.6. The van der Waals surface area contributed by atoms with Gasteiger partial charge in [-0.05, 0) is 33.6 Å². The summed E-state index contributed by atoms with van der Waals surface area (Å²) < 4.78 is 11.0. The van der Waals surface area contributed by atoms with Gasteiger partial charge in [0.15, 0.2) is 11.9 Å². The van der Waals surface area contributed by atoms with Crippen molar-refractivity contribution in [3.05, 3.63) is 22.7 Å². The Morgan fingerprint density at radius 3 is 2.71 bits per heavy atom. The highest BCUT2D eigenvalue weighted by Crippen LogP contribution is 2.48. The number of rotatable bonds is 1. The summed E-state index contributed by atoms with van der Waals surface area (Å²) in [5.74, 6) is -0.0341. The summed E-state index contributed by atoms with van der Waals surface area (Å²) in [6.45, 7) is 5.33. The van der Waals surface area contributed by atoms with Crippen molar-refractivity contribution >= 4 is 11.8 Å². The maximum Gasteiger partial charge on any atom is 0.338 e. The minimum Gasteiger partial charge on any atom is -0.508 e. The van der Waals surface area contributed by atoms with Gasteiger partial charge in [0.2, 0.25) is 0 Å². The molecule has 0 bridgehead atoms. The van der Waals surface area contributed by atoms with Crippen LogP contribution in [0.3, 0.4) is 0 Å². The lowest BCUT2D eigenvalue weighted by Gasteiger charge is -2.20. The number of allylic oxidation sites excluding steroid dienone is 1. The number of esters is 1. The SMILES string of the molecule is CC(C)(C)OC(=O)C1=C(O)[C@@H]2OC3=C(C(=O)CCC3)[C@@H]2C1. The second kappa shape index (κ2) is 4.61. The second-order valence-corrected chi connectivity index (χ2v) is 6.83. The molecule has 0 aromatic carbocycles. The number of Topliss-reactive ketones (excluding diaryl/α,β-unsaturated/α-hetero) is 1. The third-order valence-electron chi connectivity index (χ3n) is 4.06. The van der Waals surface area contributed by atoms with Gasteiger partial charge >= 0.3 is 5.97 Å². The molecular weight excluding hydrogens is 272 g/mol. The molecule has 2 aliphatic carbocycles. The van der Waals surface area contributed by atoms with Crippen LogP contribution in [-0.2, 0) is 19.1 Å². The fraction of sp³-hybridized carbons (Fsp3) is 0.625. The monoisotopic (exact) mass is 292 g/mol. The summed E-state index contributed by atoms with van der Waals surface area (Å²) in [5, 5.41) is 10.3. The molecule has 114 valence electrons. The quantitative estimate of drug-likeness (QED) is 0.752. The highest BCUT2D eigenvalue weighted by Gasteiger charge is 2.50. The average molecular weight is 292 g/mol. The average Bonchev–Trinajstić information content (AvgIpc) is 2.86. The Labute approximate surface area is 123 Å². The van der Waals surface area contributed by atoms with Gasteiger partial charge in [-0.25, -0.2) is 4.79 Å². The van der Waals surface area contributed by atoms with Crippen molar-refractivity contribution in [3.8, 4) is 0 Å². The zero-order chi connectivity index (χ0) is 15.4. The Balaban J connectivity index is 1.82. The van der Waals surface area contributed by atoms with E-state index in [1.165, 1.54) is 0 Å². The predicted octanol–water partition coefficient (Wildman–Crippen LogP) is 2.57.